The summed E-state index contributed by atoms with van der Waals surface area (Å²) in [6.07, 6.45) is 0.441. The average molecular weight is 439 g/mol. The van der Waals surface area contributed by atoms with Crippen molar-refractivity contribution in [1.29, 1.82) is 0 Å². The lowest BCUT2D eigenvalue weighted by Crippen LogP contribution is -2.40. The van der Waals surface area contributed by atoms with E-state index in [9.17, 15) is 21.6 Å². The lowest BCUT2D eigenvalue weighted by molar-refractivity contribution is 0.102. The Hall–Kier alpha value is -2.23. The van der Waals surface area contributed by atoms with Crippen LogP contribution >= 0.6 is 0 Å². The molecular formula is C20H26N2O5S2. The van der Waals surface area contributed by atoms with Crippen molar-refractivity contribution >= 4 is 31.5 Å². The van der Waals surface area contributed by atoms with Gasteiger partial charge in [0, 0.05) is 11.2 Å². The second-order valence-corrected chi connectivity index (χ2v) is 11.4. The first kappa shape index (κ1) is 23.1. The normalized spacial score (nSPS) is 12.6. The second-order valence-electron chi connectivity index (χ2n) is 7.65. The molecular weight excluding hydrogens is 412 g/mol. The minimum atomic E-state index is -3.69. The highest BCUT2D eigenvalue weighted by Gasteiger charge is 2.23. The van der Waals surface area contributed by atoms with Gasteiger partial charge < -0.3 is 5.32 Å². The van der Waals surface area contributed by atoms with Crippen LogP contribution in [-0.4, -0.2) is 34.0 Å². The molecule has 0 radical (unpaired) electrons. The summed E-state index contributed by atoms with van der Waals surface area (Å²) in [7, 11) is -7.26. The first-order valence-electron chi connectivity index (χ1n) is 9.13. The Morgan fingerprint density at radius 3 is 2.07 bits per heavy atom. The van der Waals surface area contributed by atoms with Crippen LogP contribution in [0, 0.1) is 0 Å². The molecule has 2 rings (SSSR count). The third-order valence-corrected chi connectivity index (χ3v) is 7.55. The first-order chi connectivity index (χ1) is 13.4. The van der Waals surface area contributed by atoms with E-state index in [0.29, 0.717) is 12.1 Å². The lowest BCUT2D eigenvalue weighted by atomic mass is 10.1. The zero-order valence-electron chi connectivity index (χ0n) is 16.9. The number of carbonyl (C=O) groups excluding carboxylic acids is 1. The summed E-state index contributed by atoms with van der Waals surface area (Å²) < 4.78 is 52.1. The Morgan fingerprint density at radius 2 is 1.52 bits per heavy atom. The maximum absolute atomic E-state index is 12.6. The van der Waals surface area contributed by atoms with E-state index in [2.05, 4.69) is 10.0 Å². The second kappa shape index (κ2) is 8.64. The molecule has 1 amide bonds. The minimum absolute atomic E-state index is 0.0204. The zero-order valence-corrected chi connectivity index (χ0v) is 18.5. The van der Waals surface area contributed by atoms with E-state index >= 15 is 0 Å². The quantitative estimate of drug-likeness (QED) is 0.690. The molecule has 0 saturated carbocycles. The van der Waals surface area contributed by atoms with E-state index in [-0.39, 0.29) is 21.1 Å². The molecule has 0 aliphatic carbocycles. The van der Waals surface area contributed by atoms with Gasteiger partial charge in [0.05, 0.1) is 21.1 Å². The van der Waals surface area contributed by atoms with Crippen LogP contribution < -0.4 is 10.0 Å². The number of hydrogen-bond donors (Lipinski definition) is 2. The number of sulfonamides is 1. The largest absolute Gasteiger partial charge is 0.322 e. The highest BCUT2D eigenvalue weighted by molar-refractivity contribution is 7.91. The van der Waals surface area contributed by atoms with Gasteiger partial charge >= 0.3 is 0 Å². The summed E-state index contributed by atoms with van der Waals surface area (Å²) in [5, 5.41) is 2.62. The van der Waals surface area contributed by atoms with Crippen LogP contribution in [0.2, 0.25) is 0 Å². The molecule has 0 spiro atoms. The number of hydrogen-bond acceptors (Lipinski definition) is 5. The Labute approximate surface area is 172 Å². The summed E-state index contributed by atoms with van der Waals surface area (Å²) in [6.45, 7) is 6.97. The van der Waals surface area contributed by atoms with E-state index in [4.69, 9.17) is 0 Å². The van der Waals surface area contributed by atoms with Crippen LogP contribution in [0.25, 0.3) is 0 Å². The molecule has 29 heavy (non-hydrogen) atoms. The van der Waals surface area contributed by atoms with Crippen LogP contribution in [-0.2, 0) is 19.9 Å². The van der Waals surface area contributed by atoms with E-state index in [1.807, 2.05) is 0 Å². The fraction of sp³-hybridized carbons (Fsp3) is 0.350. The van der Waals surface area contributed by atoms with Gasteiger partial charge in [0.25, 0.3) is 5.91 Å². The third kappa shape index (κ3) is 6.12. The van der Waals surface area contributed by atoms with Crippen molar-refractivity contribution in [3.8, 4) is 0 Å². The molecule has 0 aromatic heterocycles. The number of sulfone groups is 1. The van der Waals surface area contributed by atoms with E-state index in [1.165, 1.54) is 36.4 Å². The van der Waals surface area contributed by atoms with Gasteiger partial charge in [-0.2, -0.15) is 0 Å². The van der Waals surface area contributed by atoms with E-state index in [0.717, 1.165) is 0 Å². The maximum Gasteiger partial charge on any atom is 0.256 e. The summed E-state index contributed by atoms with van der Waals surface area (Å²) in [5.41, 5.74) is -0.223. The molecule has 158 valence electrons. The number of amides is 1. The van der Waals surface area contributed by atoms with Gasteiger partial charge in [-0.1, -0.05) is 19.1 Å². The monoisotopic (exact) mass is 438 g/mol. The minimum Gasteiger partial charge on any atom is -0.322 e. The van der Waals surface area contributed by atoms with Gasteiger partial charge in [0.15, 0.2) is 9.84 Å². The number of rotatable bonds is 7. The molecule has 0 unspecified atom stereocenters. The molecule has 0 atom stereocenters. The summed E-state index contributed by atoms with van der Waals surface area (Å²) in [6, 6.07) is 11.7. The summed E-state index contributed by atoms with van der Waals surface area (Å²) in [4.78, 5) is 12.7. The highest BCUT2D eigenvalue weighted by Crippen LogP contribution is 2.21. The Kier molecular flexibility index (Phi) is 6.87. The van der Waals surface area contributed by atoms with Crippen LogP contribution in [0.1, 0.15) is 44.5 Å². The van der Waals surface area contributed by atoms with Gasteiger partial charge in [-0.3, -0.25) is 4.79 Å². The molecule has 2 aromatic rings. The first-order valence-corrected chi connectivity index (χ1v) is 12.3. The summed E-state index contributed by atoms with van der Waals surface area (Å²) in [5.74, 6) is -0.631. The van der Waals surface area contributed by atoms with Crippen molar-refractivity contribution in [2.45, 2.75) is 49.4 Å². The molecule has 9 heteroatoms. The Bertz CT molecular complexity index is 1080. The SMILES string of the molecule is CCCS(=O)(=O)c1ccccc1C(=O)Nc1ccc(S(=O)(=O)NC(C)(C)C)cc1. The zero-order chi connectivity index (χ0) is 21.9. The number of anilines is 1. The molecule has 2 N–H and O–H groups in total. The van der Waals surface area contributed by atoms with Crippen molar-refractivity contribution in [2.75, 3.05) is 11.1 Å². The molecule has 2 aromatic carbocycles. The predicted molar refractivity (Wildman–Crippen MR) is 113 cm³/mol. The van der Waals surface area contributed by atoms with Crippen molar-refractivity contribution < 1.29 is 21.6 Å². The Morgan fingerprint density at radius 1 is 0.931 bits per heavy atom. The van der Waals surface area contributed by atoms with Gasteiger partial charge in [-0.15, -0.1) is 0 Å². The fourth-order valence-electron chi connectivity index (χ4n) is 2.68. The van der Waals surface area contributed by atoms with Gasteiger partial charge in [0.1, 0.15) is 0 Å². The molecule has 0 saturated heterocycles. The van der Waals surface area contributed by atoms with Crippen molar-refractivity contribution in [2.24, 2.45) is 0 Å². The number of benzene rings is 2. The van der Waals surface area contributed by atoms with Gasteiger partial charge in [-0.25, -0.2) is 21.6 Å². The fourth-order valence-corrected chi connectivity index (χ4v) is 5.64. The van der Waals surface area contributed by atoms with Crippen LogP contribution in [0.4, 0.5) is 5.69 Å². The predicted octanol–water partition coefficient (Wildman–Crippen LogP) is 3.20. The van der Waals surface area contributed by atoms with Gasteiger partial charge in [-0.05, 0) is 63.6 Å². The topological polar surface area (TPSA) is 109 Å². The lowest BCUT2D eigenvalue weighted by Gasteiger charge is -2.20. The average Bonchev–Trinajstić information content (AvgIpc) is 2.60. The maximum atomic E-state index is 12.6. The standard InChI is InChI=1S/C20H26N2O5S2/c1-5-14-28(24,25)18-9-7-6-8-17(18)19(23)21-15-10-12-16(13-11-15)29(26,27)22-20(2,3)4/h6-13,22H,5,14H2,1-4H3,(H,21,23). The highest BCUT2D eigenvalue weighted by atomic mass is 32.2. The van der Waals surface area contributed by atoms with Crippen LogP contribution in [0.3, 0.4) is 0 Å². The van der Waals surface area contributed by atoms with Crippen molar-refractivity contribution in [3.05, 3.63) is 54.1 Å². The molecule has 0 bridgehead atoms. The Balaban J connectivity index is 2.26. The van der Waals surface area contributed by atoms with Crippen molar-refractivity contribution in [3.63, 3.8) is 0 Å². The van der Waals surface area contributed by atoms with Crippen LogP contribution in [0.5, 0.6) is 0 Å². The van der Waals surface area contributed by atoms with Crippen molar-refractivity contribution in [1.82, 2.24) is 4.72 Å². The molecule has 0 aliphatic rings. The van der Waals surface area contributed by atoms with Gasteiger partial charge in [0.2, 0.25) is 10.0 Å². The third-order valence-electron chi connectivity index (χ3n) is 3.80. The molecule has 0 aliphatic heterocycles. The molecule has 0 fully saturated rings. The van der Waals surface area contributed by atoms with E-state index < -0.39 is 31.3 Å². The summed E-state index contributed by atoms with van der Waals surface area (Å²) >= 11 is 0. The number of carbonyl (C=O) groups is 1. The van der Waals surface area contributed by atoms with Crippen LogP contribution in [0.15, 0.2) is 58.3 Å². The molecule has 7 nitrogen and oxygen atoms in total. The number of nitrogens with one attached hydrogen (secondary N) is 2. The van der Waals surface area contributed by atoms with E-state index in [1.54, 1.807) is 39.8 Å². The smallest absolute Gasteiger partial charge is 0.256 e. The molecule has 0 heterocycles.